The van der Waals surface area contributed by atoms with Crippen molar-refractivity contribution >= 4 is 33.4 Å². The van der Waals surface area contributed by atoms with Crippen LogP contribution in [0.1, 0.15) is 12.7 Å². The molecule has 0 saturated carbocycles. The van der Waals surface area contributed by atoms with Crippen molar-refractivity contribution in [2.24, 2.45) is 0 Å². The minimum atomic E-state index is -3.39. The highest BCUT2D eigenvalue weighted by Gasteiger charge is 2.47. The smallest absolute Gasteiger partial charge is 0.339 e. The number of para-hydroxylation sites is 2. The maximum Gasteiger partial charge on any atom is 0.339 e. The molecule has 170 valence electrons. The third-order valence-corrected chi connectivity index (χ3v) is 5.93. The van der Waals surface area contributed by atoms with E-state index in [0.29, 0.717) is 12.3 Å². The molecule has 12 nitrogen and oxygen atoms in total. The lowest BCUT2D eigenvalue weighted by Gasteiger charge is -2.18. The second kappa shape index (κ2) is 8.43. The number of hydrogen-bond acceptors (Lipinski definition) is 9. The molecule has 0 spiro atoms. The van der Waals surface area contributed by atoms with E-state index in [1.54, 1.807) is 25.1 Å². The van der Waals surface area contributed by atoms with Gasteiger partial charge in [0.1, 0.15) is 5.75 Å². The van der Waals surface area contributed by atoms with E-state index in [0.717, 1.165) is 16.1 Å². The first-order valence-electron chi connectivity index (χ1n) is 9.72. The summed E-state index contributed by atoms with van der Waals surface area (Å²) >= 11 is 0. The van der Waals surface area contributed by atoms with Gasteiger partial charge in [0.25, 0.3) is 0 Å². The third kappa shape index (κ3) is 4.05. The molecular formula is C20H18N6O6S. The minimum absolute atomic E-state index is 0.0940. The quantitative estimate of drug-likeness (QED) is 0.364. The van der Waals surface area contributed by atoms with Gasteiger partial charge in [-0.05, 0) is 53.7 Å². The molecule has 1 aromatic heterocycles. The number of tetrazole rings is 1. The number of amides is 4. The van der Waals surface area contributed by atoms with Crippen LogP contribution in [0.25, 0.3) is 5.69 Å². The molecule has 1 fully saturated rings. The van der Waals surface area contributed by atoms with E-state index >= 15 is 0 Å². The first kappa shape index (κ1) is 22.1. The average molecular weight is 470 g/mol. The van der Waals surface area contributed by atoms with Crippen LogP contribution in [0.15, 0.2) is 53.4 Å². The van der Waals surface area contributed by atoms with Crippen LogP contribution >= 0.6 is 0 Å². The van der Waals surface area contributed by atoms with Crippen LogP contribution < -0.4 is 9.64 Å². The van der Waals surface area contributed by atoms with Gasteiger partial charge in [-0.1, -0.05) is 12.1 Å². The summed E-state index contributed by atoms with van der Waals surface area (Å²) in [5, 5.41) is 11.3. The van der Waals surface area contributed by atoms with Gasteiger partial charge in [-0.15, -0.1) is 5.10 Å². The molecule has 0 N–H and O–H groups in total. The molecule has 4 amide bonds. The second-order valence-corrected chi connectivity index (χ2v) is 9.00. The Morgan fingerprint density at radius 1 is 0.970 bits per heavy atom. The van der Waals surface area contributed by atoms with Crippen molar-refractivity contribution in [3.63, 3.8) is 0 Å². The van der Waals surface area contributed by atoms with E-state index in [2.05, 4.69) is 15.5 Å². The third-order valence-electron chi connectivity index (χ3n) is 4.80. The van der Waals surface area contributed by atoms with Gasteiger partial charge in [-0.3, -0.25) is 9.59 Å². The fourth-order valence-corrected chi connectivity index (χ4v) is 3.89. The Morgan fingerprint density at radius 2 is 1.67 bits per heavy atom. The molecule has 13 heteroatoms. The number of sulfone groups is 1. The van der Waals surface area contributed by atoms with Crippen molar-refractivity contribution in [3.8, 4) is 11.4 Å². The van der Waals surface area contributed by atoms with Gasteiger partial charge in [-0.25, -0.2) is 23.0 Å². The highest BCUT2D eigenvalue weighted by atomic mass is 32.2. The largest absolute Gasteiger partial charge is 0.492 e. The summed E-state index contributed by atoms with van der Waals surface area (Å²) in [4.78, 5) is 39.9. The van der Waals surface area contributed by atoms with Gasteiger partial charge in [0.05, 0.1) is 29.4 Å². The predicted octanol–water partition coefficient (Wildman–Crippen LogP) is 0.960. The Balaban J connectivity index is 1.63. The minimum Gasteiger partial charge on any atom is -0.492 e. The molecule has 0 radical (unpaired) electrons. The van der Waals surface area contributed by atoms with E-state index in [4.69, 9.17) is 4.74 Å². The van der Waals surface area contributed by atoms with Crippen LogP contribution in [0.4, 0.5) is 10.5 Å². The number of imide groups is 2. The molecule has 33 heavy (non-hydrogen) atoms. The topological polar surface area (TPSA) is 145 Å². The lowest BCUT2D eigenvalue weighted by Crippen LogP contribution is -2.34. The van der Waals surface area contributed by atoms with Crippen molar-refractivity contribution < 1.29 is 27.5 Å². The first-order chi connectivity index (χ1) is 15.7. The first-order valence-corrected chi connectivity index (χ1v) is 11.6. The Kier molecular flexibility index (Phi) is 5.64. The highest BCUT2D eigenvalue weighted by Crippen LogP contribution is 2.32. The Labute approximate surface area is 188 Å². The molecular weight excluding hydrogens is 452 g/mol. The molecule has 0 atom stereocenters. The van der Waals surface area contributed by atoms with Crippen LogP contribution in [-0.2, 0) is 26.0 Å². The molecule has 0 bridgehead atoms. The lowest BCUT2D eigenvalue weighted by atomic mass is 10.2. The number of benzene rings is 2. The van der Waals surface area contributed by atoms with Crippen LogP contribution in [0.2, 0.25) is 0 Å². The van der Waals surface area contributed by atoms with Crippen LogP contribution in [-0.4, -0.2) is 64.2 Å². The normalized spacial score (nSPS) is 14.3. The SMILES string of the molecule is CCOc1ccccc1N1C(=O)C(=O)N(Cc2nnnn2-c2ccc(S(C)(=O)=O)cc2)C1=O. The van der Waals surface area contributed by atoms with E-state index in [9.17, 15) is 22.8 Å². The fraction of sp³-hybridized carbons (Fsp3) is 0.200. The zero-order chi connectivity index (χ0) is 23.8. The summed E-state index contributed by atoms with van der Waals surface area (Å²) in [6.07, 6.45) is 1.08. The van der Waals surface area contributed by atoms with Crippen LogP contribution in [0.5, 0.6) is 5.75 Å². The second-order valence-electron chi connectivity index (χ2n) is 6.99. The van der Waals surface area contributed by atoms with Crippen molar-refractivity contribution in [1.82, 2.24) is 25.1 Å². The van der Waals surface area contributed by atoms with Gasteiger partial charge in [0.2, 0.25) is 0 Å². The Hall–Kier alpha value is -4.13. The van der Waals surface area contributed by atoms with Gasteiger partial charge in [-0.2, -0.15) is 4.68 Å². The molecule has 2 aromatic carbocycles. The number of carbonyl (C=O) groups excluding carboxylic acids is 3. The zero-order valence-corrected chi connectivity index (χ0v) is 18.4. The number of hydrogen-bond donors (Lipinski definition) is 0. The molecule has 1 saturated heterocycles. The number of urea groups is 1. The van der Waals surface area contributed by atoms with Crippen molar-refractivity contribution in [1.29, 1.82) is 0 Å². The highest BCUT2D eigenvalue weighted by molar-refractivity contribution is 7.90. The summed E-state index contributed by atoms with van der Waals surface area (Å²) in [7, 11) is -3.39. The summed E-state index contributed by atoms with van der Waals surface area (Å²) in [6.45, 7) is 1.68. The van der Waals surface area contributed by atoms with Gasteiger partial charge in [0.15, 0.2) is 15.7 Å². The zero-order valence-electron chi connectivity index (χ0n) is 17.6. The molecule has 4 rings (SSSR count). The van der Waals surface area contributed by atoms with E-state index in [1.807, 2.05) is 0 Å². The van der Waals surface area contributed by atoms with Crippen molar-refractivity contribution in [2.45, 2.75) is 18.4 Å². The lowest BCUT2D eigenvalue weighted by molar-refractivity contribution is -0.139. The summed E-state index contributed by atoms with van der Waals surface area (Å²) in [5.41, 5.74) is 0.563. The Morgan fingerprint density at radius 3 is 2.33 bits per heavy atom. The van der Waals surface area contributed by atoms with Crippen molar-refractivity contribution in [3.05, 3.63) is 54.4 Å². The number of rotatable bonds is 7. The summed E-state index contributed by atoms with van der Waals surface area (Å²) in [5.74, 6) is -1.68. The van der Waals surface area contributed by atoms with Crippen LogP contribution in [0, 0.1) is 0 Å². The maximum atomic E-state index is 13.0. The maximum absolute atomic E-state index is 13.0. The standard InChI is InChI=1S/C20H18N6O6S/c1-3-32-16-7-5-4-6-15(16)25-19(28)18(27)24(20(25)29)12-17-21-22-23-26(17)13-8-10-14(11-9-13)33(2,30)31/h4-11H,3,12H2,1-2H3. The summed E-state index contributed by atoms with van der Waals surface area (Å²) < 4.78 is 30.1. The fourth-order valence-electron chi connectivity index (χ4n) is 3.26. The molecule has 1 aliphatic heterocycles. The molecule has 1 aliphatic rings. The average Bonchev–Trinajstić information content (AvgIpc) is 3.33. The molecule has 3 aromatic rings. The number of nitrogens with zero attached hydrogens (tertiary/aromatic N) is 6. The molecule has 0 unspecified atom stereocenters. The predicted molar refractivity (Wildman–Crippen MR) is 113 cm³/mol. The van der Waals surface area contributed by atoms with Gasteiger partial charge < -0.3 is 4.74 Å². The van der Waals surface area contributed by atoms with Crippen molar-refractivity contribution in [2.75, 3.05) is 17.8 Å². The van der Waals surface area contributed by atoms with Gasteiger partial charge in [0, 0.05) is 6.26 Å². The van der Waals surface area contributed by atoms with E-state index in [1.165, 1.54) is 35.0 Å². The van der Waals surface area contributed by atoms with Crippen LogP contribution in [0.3, 0.4) is 0 Å². The number of anilines is 1. The summed E-state index contributed by atoms with van der Waals surface area (Å²) in [6, 6.07) is 11.3. The Bertz CT molecular complexity index is 1350. The number of ether oxygens (including phenoxy) is 1. The number of carbonyl (C=O) groups is 3. The molecule has 0 aliphatic carbocycles. The monoisotopic (exact) mass is 470 g/mol. The number of aromatic nitrogens is 4. The van der Waals surface area contributed by atoms with E-state index in [-0.39, 0.29) is 28.7 Å². The van der Waals surface area contributed by atoms with Gasteiger partial charge >= 0.3 is 17.8 Å². The molecule has 2 heterocycles. The van der Waals surface area contributed by atoms with E-state index < -0.39 is 27.7 Å².